The number of anilines is 1. The number of nitrogens with one attached hydrogen (secondary N) is 2. The molecule has 94 valence electrons. The fourth-order valence-electron chi connectivity index (χ4n) is 1.64. The summed E-state index contributed by atoms with van der Waals surface area (Å²) in [5.41, 5.74) is 0.955. The second kappa shape index (κ2) is 6.21. The first kappa shape index (κ1) is 12.6. The van der Waals surface area contributed by atoms with Crippen LogP contribution in [0.5, 0.6) is 0 Å². The van der Waals surface area contributed by atoms with E-state index in [-0.39, 0.29) is 11.9 Å². The fourth-order valence-corrected chi connectivity index (χ4v) is 2.37. The Hall–Kier alpha value is -1.81. The Bertz CT molecular complexity index is 482. The maximum atomic E-state index is 11.8. The minimum Gasteiger partial charge on any atom is -0.376 e. The number of para-hydroxylation sites is 1. The van der Waals surface area contributed by atoms with Crippen molar-refractivity contribution >= 4 is 22.9 Å². The molecule has 1 aromatic carbocycles. The number of rotatable bonds is 5. The van der Waals surface area contributed by atoms with Gasteiger partial charge in [0.1, 0.15) is 0 Å². The van der Waals surface area contributed by atoms with Crippen molar-refractivity contribution in [3.05, 3.63) is 52.7 Å². The van der Waals surface area contributed by atoms with E-state index in [0.717, 1.165) is 5.69 Å². The lowest BCUT2D eigenvalue weighted by molar-refractivity contribution is -0.120. The molecule has 2 aromatic rings. The van der Waals surface area contributed by atoms with Crippen LogP contribution >= 0.6 is 11.3 Å². The zero-order chi connectivity index (χ0) is 12.8. The first-order valence-corrected chi connectivity index (χ1v) is 6.75. The SMILES string of the molecule is C[C@@H](NC(=O)CNc1ccccc1)c1cccs1. The Balaban J connectivity index is 1.79. The van der Waals surface area contributed by atoms with Gasteiger partial charge >= 0.3 is 0 Å². The van der Waals surface area contributed by atoms with Gasteiger partial charge in [-0.05, 0) is 30.5 Å². The molecule has 0 saturated heterocycles. The molecule has 2 rings (SSSR count). The van der Waals surface area contributed by atoms with E-state index in [4.69, 9.17) is 0 Å². The average molecular weight is 260 g/mol. The van der Waals surface area contributed by atoms with Crippen molar-refractivity contribution in [2.24, 2.45) is 0 Å². The fraction of sp³-hybridized carbons (Fsp3) is 0.214. The number of carbonyl (C=O) groups is 1. The third kappa shape index (κ3) is 3.60. The minimum atomic E-state index is -0.000229. The second-order valence-electron chi connectivity index (χ2n) is 4.02. The summed E-state index contributed by atoms with van der Waals surface area (Å²) in [4.78, 5) is 12.9. The molecule has 0 aliphatic rings. The highest BCUT2D eigenvalue weighted by molar-refractivity contribution is 7.10. The van der Waals surface area contributed by atoms with E-state index in [9.17, 15) is 4.79 Å². The molecule has 1 atom stereocenters. The number of benzene rings is 1. The van der Waals surface area contributed by atoms with Crippen LogP contribution in [0.15, 0.2) is 47.8 Å². The maximum Gasteiger partial charge on any atom is 0.239 e. The van der Waals surface area contributed by atoms with Crippen molar-refractivity contribution < 1.29 is 4.79 Å². The van der Waals surface area contributed by atoms with Gasteiger partial charge in [-0.2, -0.15) is 0 Å². The molecular formula is C14H16N2OS. The van der Waals surface area contributed by atoms with Gasteiger partial charge in [0.25, 0.3) is 0 Å². The van der Waals surface area contributed by atoms with Gasteiger partial charge in [-0.1, -0.05) is 24.3 Å². The zero-order valence-electron chi connectivity index (χ0n) is 10.2. The van der Waals surface area contributed by atoms with E-state index in [1.807, 2.05) is 54.8 Å². The summed E-state index contributed by atoms with van der Waals surface area (Å²) in [5.74, 6) is -0.000229. The topological polar surface area (TPSA) is 41.1 Å². The molecule has 0 radical (unpaired) electrons. The van der Waals surface area contributed by atoms with E-state index in [0.29, 0.717) is 6.54 Å². The van der Waals surface area contributed by atoms with Crippen molar-refractivity contribution in [2.75, 3.05) is 11.9 Å². The largest absolute Gasteiger partial charge is 0.376 e. The second-order valence-corrected chi connectivity index (χ2v) is 5.00. The van der Waals surface area contributed by atoms with Crippen molar-refractivity contribution in [3.8, 4) is 0 Å². The van der Waals surface area contributed by atoms with Crippen LogP contribution in [0.1, 0.15) is 17.8 Å². The van der Waals surface area contributed by atoms with Gasteiger partial charge in [-0.15, -0.1) is 11.3 Å². The van der Waals surface area contributed by atoms with E-state index in [1.54, 1.807) is 11.3 Å². The van der Waals surface area contributed by atoms with Crippen LogP contribution in [0.3, 0.4) is 0 Å². The summed E-state index contributed by atoms with van der Waals surface area (Å²) in [6.07, 6.45) is 0. The third-order valence-corrected chi connectivity index (χ3v) is 3.63. The maximum absolute atomic E-state index is 11.8. The van der Waals surface area contributed by atoms with Crippen LogP contribution in [-0.4, -0.2) is 12.5 Å². The van der Waals surface area contributed by atoms with Gasteiger partial charge in [0, 0.05) is 10.6 Å². The number of amides is 1. The number of hydrogen-bond acceptors (Lipinski definition) is 3. The summed E-state index contributed by atoms with van der Waals surface area (Å²) in [7, 11) is 0. The summed E-state index contributed by atoms with van der Waals surface area (Å²) in [6.45, 7) is 2.28. The molecule has 0 aliphatic carbocycles. The standard InChI is InChI=1S/C14H16N2OS/c1-11(13-8-5-9-18-13)16-14(17)10-15-12-6-3-2-4-7-12/h2-9,11,15H,10H2,1H3,(H,16,17)/t11-/m1/s1. The van der Waals surface area contributed by atoms with Gasteiger partial charge in [0.15, 0.2) is 0 Å². The molecule has 0 bridgehead atoms. The highest BCUT2D eigenvalue weighted by atomic mass is 32.1. The van der Waals surface area contributed by atoms with Gasteiger partial charge in [0.2, 0.25) is 5.91 Å². The van der Waals surface area contributed by atoms with Crippen molar-refractivity contribution in [1.82, 2.24) is 5.32 Å². The highest BCUT2D eigenvalue weighted by Crippen LogP contribution is 2.17. The normalized spacial score (nSPS) is 11.8. The van der Waals surface area contributed by atoms with Gasteiger partial charge in [-0.3, -0.25) is 4.79 Å². The molecule has 1 aromatic heterocycles. The summed E-state index contributed by atoms with van der Waals surface area (Å²) in [5, 5.41) is 8.06. The molecule has 0 saturated carbocycles. The molecule has 1 amide bonds. The molecule has 2 N–H and O–H groups in total. The summed E-state index contributed by atoms with van der Waals surface area (Å²) in [6, 6.07) is 13.8. The van der Waals surface area contributed by atoms with Crippen LogP contribution in [0, 0.1) is 0 Å². The van der Waals surface area contributed by atoms with Crippen LogP contribution in [0.4, 0.5) is 5.69 Å². The van der Waals surface area contributed by atoms with Gasteiger partial charge in [-0.25, -0.2) is 0 Å². The monoisotopic (exact) mass is 260 g/mol. The lowest BCUT2D eigenvalue weighted by atomic mass is 10.2. The Morgan fingerprint density at radius 2 is 2.00 bits per heavy atom. The van der Waals surface area contributed by atoms with Crippen LogP contribution in [0.25, 0.3) is 0 Å². The molecule has 3 nitrogen and oxygen atoms in total. The lowest BCUT2D eigenvalue weighted by Crippen LogP contribution is -2.31. The quantitative estimate of drug-likeness (QED) is 0.867. The molecule has 1 heterocycles. The minimum absolute atomic E-state index is 0.000229. The summed E-state index contributed by atoms with van der Waals surface area (Å²) >= 11 is 1.65. The first-order chi connectivity index (χ1) is 8.75. The van der Waals surface area contributed by atoms with E-state index >= 15 is 0 Å². The first-order valence-electron chi connectivity index (χ1n) is 5.87. The van der Waals surface area contributed by atoms with Gasteiger partial charge in [0.05, 0.1) is 12.6 Å². The van der Waals surface area contributed by atoms with Gasteiger partial charge < -0.3 is 10.6 Å². The number of thiophene rings is 1. The summed E-state index contributed by atoms with van der Waals surface area (Å²) < 4.78 is 0. The zero-order valence-corrected chi connectivity index (χ0v) is 11.0. The number of carbonyl (C=O) groups excluding carboxylic acids is 1. The van der Waals surface area contributed by atoms with Crippen LogP contribution in [0.2, 0.25) is 0 Å². The van der Waals surface area contributed by atoms with Crippen molar-refractivity contribution in [3.63, 3.8) is 0 Å². The van der Waals surface area contributed by atoms with Crippen LogP contribution in [-0.2, 0) is 4.79 Å². The average Bonchev–Trinajstić information content (AvgIpc) is 2.91. The smallest absolute Gasteiger partial charge is 0.239 e. The van der Waals surface area contributed by atoms with E-state index in [1.165, 1.54) is 4.88 Å². The molecule has 4 heteroatoms. The van der Waals surface area contributed by atoms with Crippen molar-refractivity contribution in [2.45, 2.75) is 13.0 Å². The van der Waals surface area contributed by atoms with Crippen molar-refractivity contribution in [1.29, 1.82) is 0 Å². The predicted molar refractivity (Wildman–Crippen MR) is 75.8 cm³/mol. The molecular weight excluding hydrogens is 244 g/mol. The predicted octanol–water partition coefficient (Wildman–Crippen LogP) is 3.04. The molecule has 0 spiro atoms. The molecule has 0 aliphatic heterocycles. The molecule has 0 unspecified atom stereocenters. The third-order valence-electron chi connectivity index (χ3n) is 2.57. The molecule has 0 fully saturated rings. The van der Waals surface area contributed by atoms with E-state index < -0.39 is 0 Å². The molecule has 18 heavy (non-hydrogen) atoms. The Morgan fingerprint density at radius 3 is 2.67 bits per heavy atom. The Labute approximate surface area is 111 Å². The van der Waals surface area contributed by atoms with E-state index in [2.05, 4.69) is 10.6 Å². The number of hydrogen-bond donors (Lipinski definition) is 2. The lowest BCUT2D eigenvalue weighted by Gasteiger charge is -2.13. The highest BCUT2D eigenvalue weighted by Gasteiger charge is 2.09. The Morgan fingerprint density at radius 1 is 1.22 bits per heavy atom. The Kier molecular flexibility index (Phi) is 4.36. The van der Waals surface area contributed by atoms with Crippen LogP contribution < -0.4 is 10.6 Å².